The lowest BCUT2D eigenvalue weighted by atomic mass is 9.98. The van der Waals surface area contributed by atoms with Gasteiger partial charge in [0.2, 0.25) is 0 Å². The van der Waals surface area contributed by atoms with E-state index in [-0.39, 0.29) is 18.4 Å². The molecule has 31 heavy (non-hydrogen) atoms. The summed E-state index contributed by atoms with van der Waals surface area (Å²) in [4.78, 5) is 22.6. The van der Waals surface area contributed by atoms with Gasteiger partial charge in [0, 0.05) is 39.0 Å². The number of carbonyl (C=O) groups excluding carboxylic acids is 1. The Morgan fingerprint density at radius 3 is 2.84 bits per heavy atom. The van der Waals surface area contributed by atoms with E-state index in [9.17, 15) is 9.90 Å². The smallest absolute Gasteiger partial charge is 0.274 e. The van der Waals surface area contributed by atoms with E-state index in [4.69, 9.17) is 16.6 Å². The predicted octanol–water partition coefficient (Wildman–Crippen LogP) is 3.39. The molecule has 2 aliphatic rings. The number of hydrogen-bond acceptors (Lipinski definition) is 4. The molecule has 6 nitrogen and oxygen atoms in total. The number of hydrogen-bond donors (Lipinski definition) is 1. The van der Waals surface area contributed by atoms with Crippen molar-refractivity contribution < 1.29 is 9.90 Å². The van der Waals surface area contributed by atoms with Crippen molar-refractivity contribution in [2.24, 2.45) is 5.92 Å². The summed E-state index contributed by atoms with van der Waals surface area (Å²) in [6.07, 6.45) is 4.80. The Hall–Kier alpha value is -2.41. The van der Waals surface area contributed by atoms with Gasteiger partial charge in [0.1, 0.15) is 5.65 Å². The van der Waals surface area contributed by atoms with Crippen LogP contribution in [-0.4, -0.2) is 56.4 Å². The van der Waals surface area contributed by atoms with Crippen molar-refractivity contribution in [1.82, 2.24) is 19.2 Å². The first-order valence-electron chi connectivity index (χ1n) is 11.0. The predicted molar refractivity (Wildman–Crippen MR) is 120 cm³/mol. The molecule has 7 heteroatoms. The molecule has 0 spiro atoms. The van der Waals surface area contributed by atoms with Crippen LogP contribution in [0.1, 0.15) is 40.2 Å². The zero-order chi connectivity index (χ0) is 21.4. The highest BCUT2D eigenvalue weighted by Crippen LogP contribution is 2.25. The number of fused-ring (bicyclic) bond motifs is 2. The van der Waals surface area contributed by atoms with Gasteiger partial charge in [0.05, 0.1) is 10.7 Å². The second kappa shape index (κ2) is 8.61. The monoisotopic (exact) mass is 438 g/mol. The molecule has 1 atom stereocenters. The van der Waals surface area contributed by atoms with Gasteiger partial charge in [-0.2, -0.15) is 0 Å². The third kappa shape index (κ3) is 4.07. The Labute approximate surface area is 187 Å². The van der Waals surface area contributed by atoms with E-state index in [0.29, 0.717) is 30.4 Å². The summed E-state index contributed by atoms with van der Waals surface area (Å²) in [6.45, 7) is 3.90. The van der Waals surface area contributed by atoms with Gasteiger partial charge < -0.3 is 14.4 Å². The van der Waals surface area contributed by atoms with Crippen LogP contribution in [0.5, 0.6) is 0 Å². The van der Waals surface area contributed by atoms with Gasteiger partial charge in [-0.05, 0) is 55.0 Å². The molecule has 1 amide bonds. The summed E-state index contributed by atoms with van der Waals surface area (Å²) in [7, 11) is 0. The molecule has 0 aliphatic carbocycles. The van der Waals surface area contributed by atoms with Crippen molar-refractivity contribution in [1.29, 1.82) is 0 Å². The highest BCUT2D eigenvalue weighted by molar-refractivity contribution is 6.30. The van der Waals surface area contributed by atoms with Crippen molar-refractivity contribution in [2.45, 2.75) is 32.4 Å². The Bertz CT molecular complexity index is 1110. The van der Waals surface area contributed by atoms with E-state index < -0.39 is 0 Å². The van der Waals surface area contributed by atoms with Gasteiger partial charge in [-0.15, -0.1) is 0 Å². The minimum absolute atomic E-state index is 0.0277. The number of aromatic nitrogens is 2. The summed E-state index contributed by atoms with van der Waals surface area (Å²) in [5.41, 5.74) is 4.64. The Morgan fingerprint density at radius 1 is 1.16 bits per heavy atom. The number of amides is 1. The lowest BCUT2D eigenvalue weighted by molar-refractivity contribution is 0.0724. The van der Waals surface area contributed by atoms with E-state index in [1.54, 1.807) is 0 Å². The van der Waals surface area contributed by atoms with Gasteiger partial charge in [0.15, 0.2) is 5.69 Å². The van der Waals surface area contributed by atoms with Crippen molar-refractivity contribution in [3.63, 3.8) is 0 Å². The van der Waals surface area contributed by atoms with Crippen LogP contribution in [0.15, 0.2) is 42.6 Å². The molecule has 2 aromatic heterocycles. The fourth-order valence-corrected chi connectivity index (χ4v) is 5.02. The summed E-state index contributed by atoms with van der Waals surface area (Å²) >= 11 is 6.28. The third-order valence-corrected chi connectivity index (χ3v) is 6.76. The first kappa shape index (κ1) is 20.5. The van der Waals surface area contributed by atoms with Crippen LogP contribution < -0.4 is 0 Å². The van der Waals surface area contributed by atoms with Crippen LogP contribution in [0.2, 0.25) is 5.02 Å². The highest BCUT2D eigenvalue weighted by atomic mass is 35.5. The van der Waals surface area contributed by atoms with E-state index in [2.05, 4.69) is 23.1 Å². The normalized spacial score (nSPS) is 19.5. The minimum atomic E-state index is -0.0277. The second-order valence-electron chi connectivity index (χ2n) is 8.65. The maximum atomic E-state index is 13.6. The SMILES string of the molecule is O=C(c1nc2ccc(Cl)cn2c1CN1CCC[C@@H](CO)C1)N1CCc2ccccc2C1. The Balaban J connectivity index is 1.48. The number of imidazole rings is 1. The average molecular weight is 439 g/mol. The van der Waals surface area contributed by atoms with Crippen LogP contribution >= 0.6 is 11.6 Å². The number of likely N-dealkylation sites (tertiary alicyclic amines) is 1. The number of halogens is 1. The number of piperidine rings is 1. The van der Waals surface area contributed by atoms with Crippen LogP contribution in [0.4, 0.5) is 0 Å². The molecule has 1 saturated heterocycles. The van der Waals surface area contributed by atoms with Crippen molar-refractivity contribution in [2.75, 3.05) is 26.2 Å². The summed E-state index contributed by atoms with van der Waals surface area (Å²) in [5.74, 6) is 0.259. The Morgan fingerprint density at radius 2 is 2.00 bits per heavy atom. The average Bonchev–Trinajstić information content (AvgIpc) is 3.15. The summed E-state index contributed by atoms with van der Waals surface area (Å²) < 4.78 is 1.95. The number of rotatable bonds is 4. The molecule has 5 rings (SSSR count). The highest BCUT2D eigenvalue weighted by Gasteiger charge is 2.29. The van der Waals surface area contributed by atoms with Gasteiger partial charge in [0.25, 0.3) is 5.91 Å². The van der Waals surface area contributed by atoms with Crippen molar-refractivity contribution >= 4 is 23.2 Å². The summed E-state index contributed by atoms with van der Waals surface area (Å²) in [6, 6.07) is 12.0. The lowest BCUT2D eigenvalue weighted by Gasteiger charge is -2.32. The van der Waals surface area contributed by atoms with E-state index in [1.807, 2.05) is 33.7 Å². The maximum absolute atomic E-state index is 13.6. The van der Waals surface area contributed by atoms with Gasteiger partial charge in [-0.25, -0.2) is 4.98 Å². The van der Waals surface area contributed by atoms with Gasteiger partial charge in [-0.1, -0.05) is 35.9 Å². The zero-order valence-electron chi connectivity index (χ0n) is 17.5. The molecule has 1 N–H and O–H groups in total. The first-order chi connectivity index (χ1) is 15.1. The first-order valence-corrected chi connectivity index (χ1v) is 11.4. The van der Waals surface area contributed by atoms with E-state index >= 15 is 0 Å². The van der Waals surface area contributed by atoms with Crippen LogP contribution in [-0.2, 0) is 19.5 Å². The topological polar surface area (TPSA) is 61.1 Å². The quantitative estimate of drug-likeness (QED) is 0.678. The Kier molecular flexibility index (Phi) is 5.69. The lowest BCUT2D eigenvalue weighted by Crippen LogP contribution is -2.39. The number of aliphatic hydroxyl groups is 1. The number of nitrogens with zero attached hydrogens (tertiary/aromatic N) is 4. The molecule has 0 bridgehead atoms. The zero-order valence-corrected chi connectivity index (χ0v) is 18.3. The molecule has 4 heterocycles. The van der Waals surface area contributed by atoms with Crippen LogP contribution in [0.3, 0.4) is 0 Å². The molecule has 1 fully saturated rings. The summed E-state index contributed by atoms with van der Waals surface area (Å²) in [5, 5.41) is 10.2. The molecule has 0 unspecified atom stereocenters. The van der Waals surface area contributed by atoms with Crippen LogP contribution in [0.25, 0.3) is 5.65 Å². The van der Waals surface area contributed by atoms with Crippen molar-refractivity contribution in [3.8, 4) is 0 Å². The van der Waals surface area contributed by atoms with Gasteiger partial charge >= 0.3 is 0 Å². The van der Waals surface area contributed by atoms with E-state index in [0.717, 1.165) is 43.7 Å². The third-order valence-electron chi connectivity index (χ3n) is 6.54. The molecule has 0 radical (unpaired) electrons. The van der Waals surface area contributed by atoms with Crippen LogP contribution in [0, 0.1) is 5.92 Å². The number of pyridine rings is 1. The van der Waals surface area contributed by atoms with Gasteiger partial charge in [-0.3, -0.25) is 9.69 Å². The standard InChI is InChI=1S/C24H27ClN4O2/c25-20-7-8-22-26-23(24(31)28-11-9-18-5-1-2-6-19(18)13-28)21(29(22)14-20)15-27-10-3-4-17(12-27)16-30/h1-2,5-8,14,17,30H,3-4,9-13,15-16H2/t17-/m1/s1. The number of benzene rings is 1. The minimum Gasteiger partial charge on any atom is -0.396 e. The maximum Gasteiger partial charge on any atom is 0.274 e. The molecular weight excluding hydrogens is 412 g/mol. The molecular formula is C24H27ClN4O2. The fourth-order valence-electron chi connectivity index (χ4n) is 4.86. The molecule has 3 aromatic rings. The number of carbonyl (C=O) groups is 1. The molecule has 0 saturated carbocycles. The largest absolute Gasteiger partial charge is 0.396 e. The molecule has 2 aliphatic heterocycles. The number of aliphatic hydroxyl groups excluding tert-OH is 1. The fraction of sp³-hybridized carbons (Fsp3) is 0.417. The molecule has 1 aromatic carbocycles. The second-order valence-corrected chi connectivity index (χ2v) is 9.09. The van der Waals surface area contributed by atoms with E-state index in [1.165, 1.54) is 11.1 Å². The molecule has 162 valence electrons. The van der Waals surface area contributed by atoms with Crippen molar-refractivity contribution in [3.05, 3.63) is 70.1 Å².